The van der Waals surface area contributed by atoms with Crippen LogP contribution in [0.3, 0.4) is 0 Å². The molecule has 0 fully saturated rings. The number of rotatable bonds is 9. The van der Waals surface area contributed by atoms with Gasteiger partial charge < -0.3 is 14.5 Å². The van der Waals surface area contributed by atoms with Crippen LogP contribution < -0.4 is 10.7 Å². The summed E-state index contributed by atoms with van der Waals surface area (Å²) in [5.74, 6) is 0.337. The zero-order valence-electron chi connectivity index (χ0n) is 29.1. The van der Waals surface area contributed by atoms with Gasteiger partial charge in [0.2, 0.25) is 0 Å². The molecule has 1 N–H and O–H groups in total. The van der Waals surface area contributed by atoms with E-state index in [1.807, 2.05) is 42.5 Å². The van der Waals surface area contributed by atoms with Crippen LogP contribution in [-0.4, -0.2) is 17.9 Å². The largest absolute Gasteiger partial charge is 0.462 e. The van der Waals surface area contributed by atoms with E-state index < -0.39 is 0 Å². The molecule has 2 aliphatic rings. The lowest BCUT2D eigenvalue weighted by Gasteiger charge is -2.22. The lowest BCUT2D eigenvalue weighted by Crippen LogP contribution is -2.13. The average molecular weight is 716 g/mol. The molecule has 5 nitrogen and oxygen atoms in total. The van der Waals surface area contributed by atoms with E-state index in [1.165, 1.54) is 16.7 Å². The van der Waals surface area contributed by atoms with Gasteiger partial charge in [0, 0.05) is 45.4 Å². The zero-order valence-corrected chi connectivity index (χ0v) is 30.7. The van der Waals surface area contributed by atoms with Crippen molar-refractivity contribution in [3.05, 3.63) is 130 Å². The Balaban J connectivity index is 1.59. The first kappa shape index (κ1) is 34.2. The second kappa shape index (κ2) is 14.4. The molecule has 0 amide bonds. The molecular formula is C43H43BrN2O3. The number of esters is 1. The number of halogens is 1. The maximum atomic E-state index is 13.5. The highest BCUT2D eigenvalue weighted by Gasteiger charge is 2.23. The monoisotopic (exact) mass is 714 g/mol. The van der Waals surface area contributed by atoms with Gasteiger partial charge in [0.05, 0.1) is 23.2 Å². The van der Waals surface area contributed by atoms with Gasteiger partial charge in [0.15, 0.2) is 0 Å². The van der Waals surface area contributed by atoms with E-state index >= 15 is 0 Å². The normalized spacial score (nSPS) is 12.1. The molecule has 1 aliphatic heterocycles. The van der Waals surface area contributed by atoms with Crippen molar-refractivity contribution in [1.82, 2.24) is 0 Å². The minimum absolute atomic E-state index is 0.0690. The van der Waals surface area contributed by atoms with Gasteiger partial charge in [0.25, 0.3) is 0 Å². The molecule has 1 aliphatic carbocycles. The number of alkyl halides is 1. The van der Waals surface area contributed by atoms with Gasteiger partial charge >= 0.3 is 5.97 Å². The molecule has 4 aromatic rings. The maximum Gasteiger partial charge on any atom is 0.338 e. The number of nitrogens with one attached hydrogen (secondary N) is 1. The third kappa shape index (κ3) is 7.20. The highest BCUT2D eigenvalue weighted by molar-refractivity contribution is 9.09. The average Bonchev–Trinajstić information content (AvgIpc) is 3.08. The molecule has 1 heterocycles. The van der Waals surface area contributed by atoms with Crippen LogP contribution in [0.25, 0.3) is 33.4 Å². The molecule has 49 heavy (non-hydrogen) atoms. The highest BCUT2D eigenvalue weighted by Crippen LogP contribution is 2.42. The Morgan fingerprint density at radius 1 is 0.878 bits per heavy atom. The molecule has 0 unspecified atom stereocenters. The molecule has 0 saturated heterocycles. The van der Waals surface area contributed by atoms with E-state index in [9.17, 15) is 4.79 Å². The van der Waals surface area contributed by atoms with Crippen LogP contribution in [0.4, 0.5) is 17.1 Å². The van der Waals surface area contributed by atoms with Gasteiger partial charge in [-0.15, -0.1) is 0 Å². The van der Waals surface area contributed by atoms with E-state index in [2.05, 4.69) is 117 Å². The van der Waals surface area contributed by atoms with Gasteiger partial charge in [-0.05, 0) is 90.3 Å². The first-order valence-corrected chi connectivity index (χ1v) is 18.0. The number of nitrogens with zero attached hydrogens (tertiary/aromatic N) is 1. The quantitative estimate of drug-likeness (QED) is 0.0701. The van der Waals surface area contributed by atoms with Gasteiger partial charge in [0.1, 0.15) is 11.3 Å². The fourth-order valence-electron chi connectivity index (χ4n) is 6.38. The van der Waals surface area contributed by atoms with E-state index in [1.54, 1.807) is 0 Å². The van der Waals surface area contributed by atoms with Gasteiger partial charge in [-0.1, -0.05) is 98.2 Å². The summed E-state index contributed by atoms with van der Waals surface area (Å²) in [6.07, 6.45) is 1.66. The summed E-state index contributed by atoms with van der Waals surface area (Å²) in [7, 11) is 0. The van der Waals surface area contributed by atoms with Crippen LogP contribution in [-0.2, 0) is 16.6 Å². The second-order valence-corrected chi connectivity index (χ2v) is 14.3. The van der Waals surface area contributed by atoms with Gasteiger partial charge in [-0.3, -0.25) is 0 Å². The van der Waals surface area contributed by atoms with Crippen LogP contribution in [0.1, 0.15) is 66.7 Å². The molecule has 0 saturated carbocycles. The van der Waals surface area contributed by atoms with Crippen molar-refractivity contribution in [1.29, 1.82) is 0 Å². The molecule has 0 bridgehead atoms. The van der Waals surface area contributed by atoms with Crippen molar-refractivity contribution in [2.24, 2.45) is 4.99 Å². The standard InChI is InChI=1S/C43H43BrN2O3/c1-7-29-15-10-13-27(2)40(29)45-30-19-21-34-37(25-30)49-38-26-31(46-41-28(3)14-11-18-36(41)43(4,5)6)20-22-35(38)39(34)32-16-8-9-17-33(32)42(47)48-24-12-23-44/h8-11,13-22,25-26,45H,7,12,23-24H2,1-6H3/b46-31+. The third-order valence-corrected chi connectivity index (χ3v) is 9.49. The summed E-state index contributed by atoms with van der Waals surface area (Å²) in [6.45, 7) is 13.4. The van der Waals surface area contributed by atoms with Gasteiger partial charge in [-0.2, -0.15) is 0 Å². The molecular weight excluding hydrogens is 672 g/mol. The van der Waals surface area contributed by atoms with Crippen molar-refractivity contribution in [2.45, 2.75) is 59.8 Å². The Kier molecular flexibility index (Phi) is 10.1. The Hall–Kier alpha value is -4.68. The molecule has 0 aromatic heterocycles. The van der Waals surface area contributed by atoms with Crippen LogP contribution >= 0.6 is 15.9 Å². The molecule has 0 radical (unpaired) electrons. The van der Waals surface area contributed by atoms with E-state index in [0.717, 1.165) is 68.2 Å². The number of carbonyl (C=O) groups is 1. The number of hydrogen-bond donors (Lipinski definition) is 1. The maximum absolute atomic E-state index is 13.5. The number of fused-ring (bicyclic) bond motifs is 2. The van der Waals surface area contributed by atoms with Crippen LogP contribution in [0.15, 0.2) is 106 Å². The summed E-state index contributed by atoms with van der Waals surface area (Å²) in [6, 6.07) is 32.7. The third-order valence-electron chi connectivity index (χ3n) is 8.93. The molecule has 6 heteroatoms. The number of aryl methyl sites for hydroxylation is 3. The molecule has 250 valence electrons. The number of benzene rings is 5. The molecule has 0 spiro atoms. The van der Waals surface area contributed by atoms with Crippen LogP contribution in [0.5, 0.6) is 0 Å². The fraction of sp³-hybridized carbons (Fsp3) is 0.256. The Morgan fingerprint density at radius 3 is 2.43 bits per heavy atom. The van der Waals surface area contributed by atoms with Crippen LogP contribution in [0.2, 0.25) is 0 Å². The lowest BCUT2D eigenvalue weighted by atomic mass is 9.84. The minimum atomic E-state index is -0.343. The van der Waals surface area contributed by atoms with E-state index in [-0.39, 0.29) is 11.4 Å². The van der Waals surface area contributed by atoms with E-state index in [4.69, 9.17) is 14.1 Å². The zero-order chi connectivity index (χ0) is 34.7. The number of ether oxygens (including phenoxy) is 1. The van der Waals surface area contributed by atoms with Gasteiger partial charge in [-0.25, -0.2) is 9.79 Å². The van der Waals surface area contributed by atoms with Crippen molar-refractivity contribution >= 4 is 49.9 Å². The predicted octanol–water partition coefficient (Wildman–Crippen LogP) is 11.6. The fourth-order valence-corrected chi connectivity index (χ4v) is 6.61. The van der Waals surface area contributed by atoms with Crippen molar-refractivity contribution in [3.8, 4) is 22.5 Å². The number of hydrogen-bond acceptors (Lipinski definition) is 5. The van der Waals surface area contributed by atoms with Crippen molar-refractivity contribution < 1.29 is 13.9 Å². The van der Waals surface area contributed by atoms with Crippen LogP contribution in [0, 0.1) is 13.8 Å². The number of carbonyl (C=O) groups excluding carboxylic acids is 1. The lowest BCUT2D eigenvalue weighted by molar-refractivity contribution is 0.0507. The predicted molar refractivity (Wildman–Crippen MR) is 206 cm³/mol. The smallest absolute Gasteiger partial charge is 0.338 e. The summed E-state index contributed by atoms with van der Waals surface area (Å²) in [5.41, 5.74) is 11.5. The Labute approximate surface area is 297 Å². The molecule has 4 aromatic carbocycles. The highest BCUT2D eigenvalue weighted by atomic mass is 79.9. The SMILES string of the molecule is CCc1cccc(C)c1Nc1ccc2c(-c3ccccc3C(=O)OCCCBr)c3cc/c(=N\c4c(C)cccc4C(C)(C)C)cc-3oc2c1. The summed E-state index contributed by atoms with van der Waals surface area (Å²) in [4.78, 5) is 18.6. The number of anilines is 2. The van der Waals surface area contributed by atoms with Crippen molar-refractivity contribution in [3.63, 3.8) is 0 Å². The minimum Gasteiger partial charge on any atom is -0.462 e. The topological polar surface area (TPSA) is 63.8 Å². The Bertz CT molecular complexity index is 2190. The first-order chi connectivity index (χ1) is 23.6. The first-order valence-electron chi connectivity index (χ1n) is 16.9. The summed E-state index contributed by atoms with van der Waals surface area (Å²) in [5, 5.41) is 6.13. The Morgan fingerprint density at radius 2 is 1.65 bits per heavy atom. The number of para-hydroxylation sites is 2. The molecule has 0 atom stereocenters. The second-order valence-electron chi connectivity index (χ2n) is 13.5. The van der Waals surface area contributed by atoms with E-state index in [0.29, 0.717) is 23.5 Å². The van der Waals surface area contributed by atoms with Crippen molar-refractivity contribution in [2.75, 3.05) is 17.3 Å². The summed E-state index contributed by atoms with van der Waals surface area (Å²) >= 11 is 3.43. The summed E-state index contributed by atoms with van der Waals surface area (Å²) < 4.78 is 12.4. The molecule has 6 rings (SSSR count).